The van der Waals surface area contributed by atoms with Gasteiger partial charge in [0.25, 0.3) is 5.89 Å². The second-order valence-electron chi connectivity index (χ2n) is 4.47. The topological polar surface area (TPSA) is 85.5 Å². The maximum atomic E-state index is 11.3. The van der Waals surface area contributed by atoms with Crippen LogP contribution < -0.4 is 4.74 Å². The Labute approximate surface area is 126 Å². The number of aromatic nitrogens is 2. The van der Waals surface area contributed by atoms with Crippen LogP contribution in [0.3, 0.4) is 0 Å². The fraction of sp³-hybridized carbons (Fsp3) is 0.0625. The first-order chi connectivity index (χ1) is 10.7. The molecule has 0 saturated carbocycles. The Morgan fingerprint density at radius 1 is 1.09 bits per heavy atom. The number of hydrogen-bond acceptors (Lipinski definition) is 5. The zero-order valence-corrected chi connectivity index (χ0v) is 11.7. The number of carbonyl (C=O) groups is 1. The van der Waals surface area contributed by atoms with Crippen molar-refractivity contribution in [2.45, 2.75) is 0 Å². The van der Waals surface area contributed by atoms with Gasteiger partial charge < -0.3 is 14.4 Å². The smallest absolute Gasteiger partial charge is 0.336 e. The Kier molecular flexibility index (Phi) is 3.57. The molecule has 0 aliphatic rings. The highest BCUT2D eigenvalue weighted by Gasteiger charge is 2.18. The van der Waals surface area contributed by atoms with Gasteiger partial charge in [-0.15, -0.1) is 0 Å². The SMILES string of the molecule is COc1ccccc1-c1noc(-c2ccccc2C(=O)O)n1. The van der Waals surface area contributed by atoms with Crippen LogP contribution in [0, 0.1) is 0 Å². The normalized spacial score (nSPS) is 10.4. The summed E-state index contributed by atoms with van der Waals surface area (Å²) in [5.41, 5.74) is 1.16. The van der Waals surface area contributed by atoms with Gasteiger partial charge in [0.2, 0.25) is 5.82 Å². The minimum absolute atomic E-state index is 0.109. The number of methoxy groups -OCH3 is 1. The van der Waals surface area contributed by atoms with Crippen molar-refractivity contribution >= 4 is 5.97 Å². The van der Waals surface area contributed by atoms with Crippen LogP contribution in [0.5, 0.6) is 5.75 Å². The maximum absolute atomic E-state index is 11.3. The summed E-state index contributed by atoms with van der Waals surface area (Å²) in [6.45, 7) is 0. The second-order valence-corrected chi connectivity index (χ2v) is 4.47. The predicted molar refractivity (Wildman–Crippen MR) is 78.7 cm³/mol. The fourth-order valence-corrected chi connectivity index (χ4v) is 2.13. The van der Waals surface area contributed by atoms with Gasteiger partial charge in [-0.1, -0.05) is 29.4 Å². The molecule has 0 aliphatic carbocycles. The Balaban J connectivity index is 2.07. The third-order valence-corrected chi connectivity index (χ3v) is 3.16. The second kappa shape index (κ2) is 5.69. The summed E-state index contributed by atoms with van der Waals surface area (Å²) in [6.07, 6.45) is 0. The molecule has 0 spiro atoms. The minimum atomic E-state index is -1.05. The molecule has 3 aromatic rings. The monoisotopic (exact) mass is 296 g/mol. The standard InChI is InChI=1S/C16H12N2O4/c1-21-13-9-5-4-8-12(13)14-17-15(22-18-14)10-6-2-3-7-11(10)16(19)20/h2-9H,1H3,(H,19,20). The number of benzene rings is 2. The molecule has 0 unspecified atom stereocenters. The van der Waals surface area contributed by atoms with Gasteiger partial charge in [0.1, 0.15) is 5.75 Å². The van der Waals surface area contributed by atoms with Crippen LogP contribution in [0.4, 0.5) is 0 Å². The van der Waals surface area contributed by atoms with E-state index in [1.807, 2.05) is 12.1 Å². The average molecular weight is 296 g/mol. The summed E-state index contributed by atoms with van der Waals surface area (Å²) < 4.78 is 10.5. The summed E-state index contributed by atoms with van der Waals surface area (Å²) >= 11 is 0. The summed E-state index contributed by atoms with van der Waals surface area (Å²) in [5, 5.41) is 13.1. The number of aromatic carboxylic acids is 1. The number of carboxylic acid groups (broad SMARTS) is 1. The van der Waals surface area contributed by atoms with E-state index >= 15 is 0 Å². The Morgan fingerprint density at radius 3 is 2.50 bits per heavy atom. The van der Waals surface area contributed by atoms with Crippen molar-refractivity contribution < 1.29 is 19.2 Å². The zero-order chi connectivity index (χ0) is 15.5. The molecule has 0 bridgehead atoms. The van der Waals surface area contributed by atoms with Gasteiger partial charge in [0.15, 0.2) is 0 Å². The van der Waals surface area contributed by atoms with E-state index in [0.29, 0.717) is 22.7 Å². The first-order valence-corrected chi connectivity index (χ1v) is 6.50. The van der Waals surface area contributed by atoms with E-state index in [1.54, 1.807) is 37.4 Å². The molecule has 110 valence electrons. The quantitative estimate of drug-likeness (QED) is 0.796. The third kappa shape index (κ3) is 2.42. The Morgan fingerprint density at radius 2 is 1.77 bits per heavy atom. The molecule has 3 rings (SSSR count). The van der Waals surface area contributed by atoms with Crippen LogP contribution >= 0.6 is 0 Å². The van der Waals surface area contributed by atoms with Crippen LogP contribution in [0.2, 0.25) is 0 Å². The molecule has 0 atom stereocenters. The van der Waals surface area contributed by atoms with E-state index < -0.39 is 5.97 Å². The van der Waals surface area contributed by atoms with Crippen molar-refractivity contribution in [3.63, 3.8) is 0 Å². The minimum Gasteiger partial charge on any atom is -0.496 e. The van der Waals surface area contributed by atoms with Crippen LogP contribution in [0.1, 0.15) is 10.4 Å². The van der Waals surface area contributed by atoms with Crippen LogP contribution in [0.15, 0.2) is 53.1 Å². The van der Waals surface area contributed by atoms with Crippen molar-refractivity contribution in [2.75, 3.05) is 7.11 Å². The first kappa shape index (κ1) is 13.8. The van der Waals surface area contributed by atoms with Gasteiger partial charge in [-0.3, -0.25) is 0 Å². The number of nitrogens with zero attached hydrogens (tertiary/aromatic N) is 2. The third-order valence-electron chi connectivity index (χ3n) is 3.16. The Bertz CT molecular complexity index is 826. The van der Waals surface area contributed by atoms with E-state index in [9.17, 15) is 9.90 Å². The van der Waals surface area contributed by atoms with Gasteiger partial charge in [-0.2, -0.15) is 4.98 Å². The molecular weight excluding hydrogens is 284 g/mol. The molecule has 0 fully saturated rings. The molecule has 2 aromatic carbocycles. The molecule has 0 amide bonds. The number of ether oxygens (including phenoxy) is 1. The molecule has 22 heavy (non-hydrogen) atoms. The van der Waals surface area contributed by atoms with Crippen molar-refractivity contribution in [1.29, 1.82) is 0 Å². The molecule has 6 nitrogen and oxygen atoms in total. The molecule has 0 saturated heterocycles. The predicted octanol–water partition coefficient (Wildman–Crippen LogP) is 3.11. The molecule has 1 heterocycles. The molecule has 0 radical (unpaired) electrons. The number of rotatable bonds is 4. The number of para-hydroxylation sites is 1. The summed E-state index contributed by atoms with van der Waals surface area (Å²) in [6, 6.07) is 13.7. The first-order valence-electron chi connectivity index (χ1n) is 6.50. The summed E-state index contributed by atoms with van der Waals surface area (Å²) in [7, 11) is 1.56. The van der Waals surface area contributed by atoms with Crippen LogP contribution in [-0.2, 0) is 0 Å². The van der Waals surface area contributed by atoms with Crippen LogP contribution in [-0.4, -0.2) is 28.3 Å². The average Bonchev–Trinajstić information content (AvgIpc) is 3.04. The van der Waals surface area contributed by atoms with Crippen molar-refractivity contribution in [3.8, 4) is 28.6 Å². The van der Waals surface area contributed by atoms with E-state index in [1.165, 1.54) is 6.07 Å². The lowest BCUT2D eigenvalue weighted by Gasteiger charge is -2.03. The summed E-state index contributed by atoms with van der Waals surface area (Å²) in [4.78, 5) is 15.5. The zero-order valence-electron chi connectivity index (χ0n) is 11.7. The van der Waals surface area contributed by atoms with Gasteiger partial charge >= 0.3 is 5.97 Å². The highest BCUT2D eigenvalue weighted by molar-refractivity contribution is 5.94. The van der Waals surface area contributed by atoms with Gasteiger partial charge in [0.05, 0.1) is 23.8 Å². The van der Waals surface area contributed by atoms with Gasteiger partial charge in [0, 0.05) is 0 Å². The molecular formula is C16H12N2O4. The number of hydrogen-bond donors (Lipinski definition) is 1. The van der Waals surface area contributed by atoms with Gasteiger partial charge in [-0.25, -0.2) is 4.79 Å². The highest BCUT2D eigenvalue weighted by Crippen LogP contribution is 2.30. The molecule has 0 aliphatic heterocycles. The molecule has 1 N–H and O–H groups in total. The molecule has 6 heteroatoms. The van der Waals surface area contributed by atoms with Gasteiger partial charge in [-0.05, 0) is 24.3 Å². The fourth-order valence-electron chi connectivity index (χ4n) is 2.13. The van der Waals surface area contributed by atoms with Crippen molar-refractivity contribution in [2.24, 2.45) is 0 Å². The van der Waals surface area contributed by atoms with Crippen molar-refractivity contribution in [3.05, 3.63) is 54.1 Å². The largest absolute Gasteiger partial charge is 0.496 e. The van der Waals surface area contributed by atoms with E-state index in [2.05, 4.69) is 10.1 Å². The maximum Gasteiger partial charge on any atom is 0.336 e. The van der Waals surface area contributed by atoms with E-state index in [0.717, 1.165) is 0 Å². The molecule has 1 aromatic heterocycles. The lowest BCUT2D eigenvalue weighted by Crippen LogP contribution is -1.99. The Hall–Kier alpha value is -3.15. The lowest BCUT2D eigenvalue weighted by molar-refractivity contribution is 0.0697. The van der Waals surface area contributed by atoms with E-state index in [-0.39, 0.29) is 11.5 Å². The number of carboxylic acids is 1. The van der Waals surface area contributed by atoms with Crippen LogP contribution in [0.25, 0.3) is 22.8 Å². The lowest BCUT2D eigenvalue weighted by atomic mass is 10.1. The summed E-state index contributed by atoms with van der Waals surface area (Å²) in [5.74, 6) is 0.0561. The highest BCUT2D eigenvalue weighted by atomic mass is 16.5. The van der Waals surface area contributed by atoms with Crippen molar-refractivity contribution in [1.82, 2.24) is 10.1 Å². The van der Waals surface area contributed by atoms with E-state index in [4.69, 9.17) is 9.26 Å².